The zero-order chi connectivity index (χ0) is 22.0. The van der Waals surface area contributed by atoms with E-state index in [9.17, 15) is 0 Å². The molecule has 0 saturated heterocycles. The zero-order valence-electron chi connectivity index (χ0n) is 18.8. The minimum absolute atomic E-state index is 0.788. The average Bonchev–Trinajstić information content (AvgIpc) is 3.40. The topological polar surface area (TPSA) is 42.9 Å². The number of fused-ring (bicyclic) bond motifs is 1. The van der Waals surface area contributed by atoms with Crippen LogP contribution >= 0.6 is 11.8 Å². The summed E-state index contributed by atoms with van der Waals surface area (Å²) in [6.07, 6.45) is 6.69. The monoisotopic (exact) mass is 435 g/mol. The maximum atomic E-state index is 5.76. The van der Waals surface area contributed by atoms with Crippen molar-refractivity contribution < 1.29 is 9.15 Å². The van der Waals surface area contributed by atoms with E-state index in [0.29, 0.717) is 0 Å². The number of methoxy groups -OCH3 is 1. The summed E-state index contributed by atoms with van der Waals surface area (Å²) in [7, 11) is 1.73. The van der Waals surface area contributed by atoms with Crippen molar-refractivity contribution >= 4 is 23.0 Å². The third-order valence-corrected chi connectivity index (χ3v) is 6.14. The SMILES string of the molecule is CCCN(Cc1ccoc1)c1c(SC)nn2c(-c3c(C)cc(C)cc3OC)cccc12. The first-order chi connectivity index (χ1) is 15.1. The number of anilines is 1. The fourth-order valence-electron chi connectivity index (χ4n) is 4.22. The van der Waals surface area contributed by atoms with Crippen molar-refractivity contribution in [3.63, 3.8) is 0 Å². The molecular formula is C25H29N3O2S. The number of benzene rings is 1. The normalized spacial score (nSPS) is 11.3. The lowest BCUT2D eigenvalue weighted by atomic mass is 10.0. The fourth-order valence-corrected chi connectivity index (χ4v) is 4.81. The molecule has 0 amide bonds. The van der Waals surface area contributed by atoms with Crippen molar-refractivity contribution in [2.45, 2.75) is 38.8 Å². The van der Waals surface area contributed by atoms with Crippen LogP contribution in [-0.2, 0) is 6.54 Å². The highest BCUT2D eigenvalue weighted by Crippen LogP contribution is 2.39. The molecule has 4 rings (SSSR count). The Bertz CT molecular complexity index is 1180. The molecule has 3 aromatic heterocycles. The van der Waals surface area contributed by atoms with Crippen molar-refractivity contribution in [1.29, 1.82) is 0 Å². The van der Waals surface area contributed by atoms with E-state index in [1.807, 2.05) is 12.3 Å². The predicted octanol–water partition coefficient (Wildman–Crippen LogP) is 6.36. The first-order valence-corrected chi connectivity index (χ1v) is 11.8. The molecule has 4 aromatic rings. The second kappa shape index (κ2) is 9.10. The van der Waals surface area contributed by atoms with Crippen LogP contribution in [0.15, 0.2) is 58.4 Å². The molecule has 0 aliphatic carbocycles. The molecule has 0 aliphatic heterocycles. The smallest absolute Gasteiger partial charge is 0.142 e. The highest BCUT2D eigenvalue weighted by atomic mass is 32.2. The van der Waals surface area contributed by atoms with Crippen LogP contribution in [0.25, 0.3) is 16.8 Å². The van der Waals surface area contributed by atoms with Gasteiger partial charge in [-0.1, -0.05) is 19.1 Å². The number of ether oxygens (including phenoxy) is 1. The summed E-state index contributed by atoms with van der Waals surface area (Å²) in [5, 5.41) is 6.06. The Kier molecular flexibility index (Phi) is 6.28. The number of pyridine rings is 1. The second-order valence-electron chi connectivity index (χ2n) is 7.78. The fraction of sp³-hybridized carbons (Fsp3) is 0.320. The molecule has 0 spiro atoms. The van der Waals surface area contributed by atoms with Crippen LogP contribution in [0.4, 0.5) is 5.69 Å². The minimum Gasteiger partial charge on any atom is -0.496 e. The van der Waals surface area contributed by atoms with Gasteiger partial charge in [-0.15, -0.1) is 11.8 Å². The van der Waals surface area contributed by atoms with Gasteiger partial charge in [-0.2, -0.15) is 5.10 Å². The third kappa shape index (κ3) is 4.04. The van der Waals surface area contributed by atoms with Gasteiger partial charge in [-0.25, -0.2) is 4.52 Å². The molecule has 0 N–H and O–H groups in total. The summed E-state index contributed by atoms with van der Waals surface area (Å²) in [6, 6.07) is 12.7. The van der Waals surface area contributed by atoms with E-state index >= 15 is 0 Å². The van der Waals surface area contributed by atoms with Crippen molar-refractivity contribution in [1.82, 2.24) is 9.61 Å². The van der Waals surface area contributed by atoms with Crippen LogP contribution in [0, 0.1) is 13.8 Å². The van der Waals surface area contributed by atoms with Crippen LogP contribution < -0.4 is 9.64 Å². The van der Waals surface area contributed by atoms with E-state index in [0.717, 1.165) is 52.6 Å². The largest absolute Gasteiger partial charge is 0.496 e. The van der Waals surface area contributed by atoms with Gasteiger partial charge in [0, 0.05) is 24.2 Å². The maximum absolute atomic E-state index is 5.76. The lowest BCUT2D eigenvalue weighted by molar-refractivity contribution is 0.415. The average molecular weight is 436 g/mol. The van der Waals surface area contributed by atoms with Crippen molar-refractivity contribution in [3.05, 3.63) is 65.6 Å². The van der Waals surface area contributed by atoms with Gasteiger partial charge in [0.2, 0.25) is 0 Å². The first-order valence-electron chi connectivity index (χ1n) is 10.5. The van der Waals surface area contributed by atoms with Gasteiger partial charge in [0.25, 0.3) is 0 Å². The van der Waals surface area contributed by atoms with E-state index in [2.05, 4.69) is 66.8 Å². The number of hydrogen-bond donors (Lipinski definition) is 0. The van der Waals surface area contributed by atoms with Gasteiger partial charge >= 0.3 is 0 Å². The van der Waals surface area contributed by atoms with E-state index in [1.54, 1.807) is 25.1 Å². The standard InChI is InChI=1S/C25H29N3O2S/c1-6-11-27(15-19-10-12-30-16-19)24-21-9-7-8-20(28(21)26-25(24)31-5)23-18(3)13-17(2)14-22(23)29-4/h7-10,12-14,16H,6,11,15H2,1-5H3. The summed E-state index contributed by atoms with van der Waals surface area (Å²) in [4.78, 5) is 2.40. The molecule has 3 heterocycles. The van der Waals surface area contributed by atoms with E-state index in [1.165, 1.54) is 16.8 Å². The van der Waals surface area contributed by atoms with Crippen molar-refractivity contribution in [2.75, 3.05) is 24.8 Å². The number of aryl methyl sites for hydroxylation is 2. The van der Waals surface area contributed by atoms with Crippen LogP contribution in [0.5, 0.6) is 5.75 Å². The van der Waals surface area contributed by atoms with Gasteiger partial charge in [-0.05, 0) is 61.9 Å². The van der Waals surface area contributed by atoms with Crippen LogP contribution in [0.2, 0.25) is 0 Å². The van der Waals surface area contributed by atoms with E-state index in [4.69, 9.17) is 14.3 Å². The van der Waals surface area contributed by atoms with Crippen LogP contribution in [0.3, 0.4) is 0 Å². The Labute approximate surface area is 188 Å². The lowest BCUT2D eigenvalue weighted by Gasteiger charge is -2.23. The number of furan rings is 1. The van der Waals surface area contributed by atoms with E-state index in [-0.39, 0.29) is 0 Å². The molecule has 162 valence electrons. The Balaban J connectivity index is 1.92. The quantitative estimate of drug-likeness (QED) is 0.301. The number of thioether (sulfide) groups is 1. The Morgan fingerprint density at radius 2 is 2.03 bits per heavy atom. The van der Waals surface area contributed by atoms with Crippen LogP contribution in [0.1, 0.15) is 30.0 Å². The molecule has 0 fully saturated rings. The molecule has 1 aromatic carbocycles. The first kappa shape index (κ1) is 21.4. The maximum Gasteiger partial charge on any atom is 0.142 e. The minimum atomic E-state index is 0.788. The molecule has 0 bridgehead atoms. The Morgan fingerprint density at radius 1 is 1.19 bits per heavy atom. The van der Waals surface area contributed by atoms with Gasteiger partial charge in [0.05, 0.1) is 36.5 Å². The molecule has 0 aliphatic rings. The summed E-state index contributed by atoms with van der Waals surface area (Å²) < 4.78 is 13.1. The molecule has 0 saturated carbocycles. The highest BCUT2D eigenvalue weighted by molar-refractivity contribution is 7.98. The molecule has 0 atom stereocenters. The molecule has 0 unspecified atom stereocenters. The summed E-state index contributed by atoms with van der Waals surface area (Å²) >= 11 is 1.68. The number of hydrogen-bond acceptors (Lipinski definition) is 5. The summed E-state index contributed by atoms with van der Waals surface area (Å²) in [5.41, 5.74) is 7.90. The number of aromatic nitrogens is 2. The third-order valence-electron chi connectivity index (χ3n) is 5.48. The zero-order valence-corrected chi connectivity index (χ0v) is 19.6. The highest BCUT2D eigenvalue weighted by Gasteiger charge is 2.22. The Hall–Kier alpha value is -2.86. The molecule has 5 nitrogen and oxygen atoms in total. The number of rotatable bonds is 8. The van der Waals surface area contributed by atoms with Gasteiger partial charge < -0.3 is 14.1 Å². The molecular weight excluding hydrogens is 406 g/mol. The van der Waals surface area contributed by atoms with E-state index < -0.39 is 0 Å². The van der Waals surface area contributed by atoms with Crippen LogP contribution in [-0.4, -0.2) is 29.5 Å². The number of nitrogens with zero attached hydrogens (tertiary/aromatic N) is 3. The lowest BCUT2D eigenvalue weighted by Crippen LogP contribution is -2.23. The second-order valence-corrected chi connectivity index (χ2v) is 8.57. The predicted molar refractivity (Wildman–Crippen MR) is 128 cm³/mol. The summed E-state index contributed by atoms with van der Waals surface area (Å²) in [6.45, 7) is 8.16. The molecule has 0 radical (unpaired) electrons. The summed E-state index contributed by atoms with van der Waals surface area (Å²) in [5.74, 6) is 0.872. The van der Waals surface area contributed by atoms with Gasteiger partial charge in [0.15, 0.2) is 0 Å². The van der Waals surface area contributed by atoms with Gasteiger partial charge in [-0.3, -0.25) is 0 Å². The molecule has 31 heavy (non-hydrogen) atoms. The molecule has 6 heteroatoms. The van der Waals surface area contributed by atoms with Gasteiger partial charge in [0.1, 0.15) is 10.8 Å². The Morgan fingerprint density at radius 3 is 2.71 bits per heavy atom. The van der Waals surface area contributed by atoms with Crippen molar-refractivity contribution in [3.8, 4) is 17.0 Å². The van der Waals surface area contributed by atoms with Crippen molar-refractivity contribution in [2.24, 2.45) is 0 Å².